The molecule has 2 bridgehead atoms. The van der Waals surface area contributed by atoms with Crippen molar-refractivity contribution in [3.63, 3.8) is 0 Å². The Morgan fingerprint density at radius 3 is 2.77 bits per heavy atom. The number of halogens is 4. The SMILES string of the molecule is Cc1ncsc1-c1nnc2n1C[C@H]1CC[C@H]2N1C(=O)c1cccc(C(F)(F)F)c1Cl. The van der Waals surface area contributed by atoms with Crippen molar-refractivity contribution in [3.8, 4) is 10.7 Å². The maximum absolute atomic E-state index is 13.3. The van der Waals surface area contributed by atoms with Crippen LogP contribution in [0.5, 0.6) is 0 Å². The molecular formula is C19H15ClF3N5OS. The molecule has 6 nitrogen and oxygen atoms in total. The molecule has 4 heterocycles. The summed E-state index contributed by atoms with van der Waals surface area (Å²) >= 11 is 7.48. The second kappa shape index (κ2) is 6.78. The van der Waals surface area contributed by atoms with Gasteiger partial charge in [-0.1, -0.05) is 17.7 Å². The first kappa shape index (κ1) is 19.5. The van der Waals surface area contributed by atoms with Crippen LogP contribution in [0.25, 0.3) is 10.7 Å². The van der Waals surface area contributed by atoms with Gasteiger partial charge in [0.15, 0.2) is 11.6 Å². The normalized spacial score (nSPS) is 20.5. The Morgan fingerprint density at radius 2 is 2.07 bits per heavy atom. The smallest absolute Gasteiger partial charge is 0.324 e. The Labute approximate surface area is 178 Å². The quantitative estimate of drug-likeness (QED) is 0.562. The minimum Gasteiger partial charge on any atom is -0.324 e. The highest BCUT2D eigenvalue weighted by molar-refractivity contribution is 7.13. The first-order chi connectivity index (χ1) is 14.3. The van der Waals surface area contributed by atoms with E-state index in [1.807, 2.05) is 11.5 Å². The molecule has 30 heavy (non-hydrogen) atoms. The predicted octanol–water partition coefficient (Wildman–Crippen LogP) is 4.74. The second-order valence-corrected chi connectivity index (χ2v) is 8.62. The summed E-state index contributed by atoms with van der Waals surface area (Å²) in [7, 11) is 0. The van der Waals surface area contributed by atoms with E-state index in [4.69, 9.17) is 11.6 Å². The fraction of sp³-hybridized carbons (Fsp3) is 0.368. The number of nitrogens with zero attached hydrogens (tertiary/aromatic N) is 5. The lowest BCUT2D eigenvalue weighted by atomic mass is 10.1. The molecule has 0 radical (unpaired) electrons. The number of carbonyl (C=O) groups excluding carboxylic acids is 1. The van der Waals surface area contributed by atoms with Gasteiger partial charge in [0.2, 0.25) is 0 Å². The van der Waals surface area contributed by atoms with Crippen molar-refractivity contribution >= 4 is 28.8 Å². The molecule has 2 atom stereocenters. The van der Waals surface area contributed by atoms with Gasteiger partial charge in [0.05, 0.1) is 44.3 Å². The van der Waals surface area contributed by atoms with E-state index in [0.717, 1.165) is 23.1 Å². The predicted molar refractivity (Wildman–Crippen MR) is 104 cm³/mol. The molecule has 11 heteroatoms. The molecule has 1 amide bonds. The van der Waals surface area contributed by atoms with Gasteiger partial charge in [-0.25, -0.2) is 4.98 Å². The molecule has 2 aliphatic rings. The molecule has 0 aliphatic carbocycles. The number of rotatable bonds is 2. The Hall–Kier alpha value is -2.46. The molecule has 2 aliphatic heterocycles. The third-order valence-electron chi connectivity index (χ3n) is 5.69. The van der Waals surface area contributed by atoms with Crippen LogP contribution >= 0.6 is 22.9 Å². The van der Waals surface area contributed by atoms with Crippen LogP contribution in [0.1, 0.15) is 46.3 Å². The van der Waals surface area contributed by atoms with Crippen LogP contribution in [0, 0.1) is 6.92 Å². The maximum atomic E-state index is 13.3. The van der Waals surface area contributed by atoms with Crippen LogP contribution in [-0.2, 0) is 12.7 Å². The van der Waals surface area contributed by atoms with E-state index < -0.39 is 22.7 Å². The highest BCUT2D eigenvalue weighted by atomic mass is 35.5. The van der Waals surface area contributed by atoms with Crippen LogP contribution in [0.4, 0.5) is 13.2 Å². The minimum atomic E-state index is -4.63. The van der Waals surface area contributed by atoms with Crippen molar-refractivity contribution in [1.29, 1.82) is 0 Å². The second-order valence-electron chi connectivity index (χ2n) is 7.38. The van der Waals surface area contributed by atoms with Crippen molar-refractivity contribution < 1.29 is 18.0 Å². The average molecular weight is 454 g/mol. The highest BCUT2D eigenvalue weighted by Crippen LogP contribution is 2.44. The summed E-state index contributed by atoms with van der Waals surface area (Å²) in [6.07, 6.45) is -3.22. The Balaban J connectivity index is 1.53. The van der Waals surface area contributed by atoms with E-state index in [0.29, 0.717) is 24.6 Å². The van der Waals surface area contributed by atoms with Gasteiger partial charge in [0, 0.05) is 6.54 Å². The van der Waals surface area contributed by atoms with Gasteiger partial charge in [-0.05, 0) is 31.9 Å². The number of alkyl halides is 3. The number of hydrogen-bond acceptors (Lipinski definition) is 5. The Morgan fingerprint density at radius 1 is 1.27 bits per heavy atom. The van der Waals surface area contributed by atoms with Gasteiger partial charge < -0.3 is 9.47 Å². The van der Waals surface area contributed by atoms with Crippen molar-refractivity contribution in [3.05, 3.63) is 51.4 Å². The Bertz CT molecular complexity index is 1160. The summed E-state index contributed by atoms with van der Waals surface area (Å²) in [6.45, 7) is 2.38. The summed E-state index contributed by atoms with van der Waals surface area (Å²) < 4.78 is 41.7. The zero-order valence-corrected chi connectivity index (χ0v) is 17.2. The third-order valence-corrected chi connectivity index (χ3v) is 7.02. The van der Waals surface area contributed by atoms with Gasteiger partial charge in [0.1, 0.15) is 0 Å². The maximum Gasteiger partial charge on any atom is 0.417 e. The van der Waals surface area contributed by atoms with Crippen molar-refractivity contribution in [2.24, 2.45) is 0 Å². The monoisotopic (exact) mass is 453 g/mol. The first-order valence-corrected chi connectivity index (χ1v) is 10.5. The zero-order chi connectivity index (χ0) is 21.2. The average Bonchev–Trinajstić information content (AvgIpc) is 3.37. The van der Waals surface area contributed by atoms with E-state index in [9.17, 15) is 18.0 Å². The minimum absolute atomic E-state index is 0.144. The molecule has 1 fully saturated rings. The van der Waals surface area contributed by atoms with Crippen LogP contribution in [0.2, 0.25) is 5.02 Å². The topological polar surface area (TPSA) is 63.9 Å². The zero-order valence-electron chi connectivity index (χ0n) is 15.6. The lowest BCUT2D eigenvalue weighted by Crippen LogP contribution is -2.44. The van der Waals surface area contributed by atoms with Crippen LogP contribution in [-0.4, -0.2) is 36.6 Å². The van der Waals surface area contributed by atoms with E-state index in [1.165, 1.54) is 23.5 Å². The fourth-order valence-electron chi connectivity index (χ4n) is 4.32. The number of aryl methyl sites for hydroxylation is 1. The van der Waals surface area contributed by atoms with Gasteiger partial charge >= 0.3 is 6.18 Å². The van der Waals surface area contributed by atoms with Crippen molar-refractivity contribution in [1.82, 2.24) is 24.6 Å². The van der Waals surface area contributed by atoms with Crippen LogP contribution in [0.15, 0.2) is 23.7 Å². The molecule has 3 aromatic rings. The number of aromatic nitrogens is 4. The van der Waals surface area contributed by atoms with Gasteiger partial charge in [-0.2, -0.15) is 13.2 Å². The van der Waals surface area contributed by atoms with Crippen LogP contribution < -0.4 is 0 Å². The van der Waals surface area contributed by atoms with Gasteiger partial charge in [0.25, 0.3) is 5.91 Å². The molecule has 1 aromatic carbocycles. The van der Waals surface area contributed by atoms with Crippen molar-refractivity contribution in [2.45, 2.75) is 44.6 Å². The van der Waals surface area contributed by atoms with E-state index in [2.05, 4.69) is 15.2 Å². The number of fused-ring (bicyclic) bond motifs is 4. The lowest BCUT2D eigenvalue weighted by Gasteiger charge is -2.35. The number of hydrogen-bond donors (Lipinski definition) is 0. The van der Waals surface area contributed by atoms with E-state index in [-0.39, 0.29) is 17.6 Å². The van der Waals surface area contributed by atoms with Gasteiger partial charge in [-0.15, -0.1) is 21.5 Å². The molecule has 5 rings (SSSR count). The molecule has 0 spiro atoms. The summed E-state index contributed by atoms with van der Waals surface area (Å²) in [5.41, 5.74) is 1.45. The summed E-state index contributed by atoms with van der Waals surface area (Å²) in [6, 6.07) is 2.91. The molecule has 2 aromatic heterocycles. The summed E-state index contributed by atoms with van der Waals surface area (Å²) in [4.78, 5) is 20.1. The number of amides is 1. The molecule has 0 N–H and O–H groups in total. The van der Waals surface area contributed by atoms with Gasteiger partial charge in [-0.3, -0.25) is 4.79 Å². The van der Waals surface area contributed by atoms with E-state index in [1.54, 1.807) is 10.4 Å². The number of benzene rings is 1. The first-order valence-electron chi connectivity index (χ1n) is 9.29. The van der Waals surface area contributed by atoms with E-state index >= 15 is 0 Å². The molecule has 156 valence electrons. The summed E-state index contributed by atoms with van der Waals surface area (Å²) in [5, 5.41) is 8.08. The fourth-order valence-corrected chi connectivity index (χ4v) is 5.42. The summed E-state index contributed by atoms with van der Waals surface area (Å²) in [5.74, 6) is 0.845. The molecule has 0 saturated carbocycles. The standard InChI is InChI=1S/C19H15ClF3N5OS/c1-9-15(30-8-24-9)17-26-25-16-13-6-5-10(7-27(16)17)28(13)18(29)11-3-2-4-12(14(11)20)19(21,22)23/h2-4,8,10,13H,5-7H2,1H3/t10-,13-/m1/s1. The number of carbonyl (C=O) groups is 1. The lowest BCUT2D eigenvalue weighted by molar-refractivity contribution is -0.137. The van der Waals surface area contributed by atoms with Crippen molar-refractivity contribution in [2.75, 3.05) is 0 Å². The number of thiazole rings is 1. The molecule has 0 unspecified atom stereocenters. The third kappa shape index (κ3) is 2.84. The Kier molecular flexibility index (Phi) is 4.41. The van der Waals surface area contributed by atoms with Crippen LogP contribution in [0.3, 0.4) is 0 Å². The molecular weight excluding hydrogens is 439 g/mol. The highest BCUT2D eigenvalue weighted by Gasteiger charge is 2.46. The largest absolute Gasteiger partial charge is 0.417 e. The molecule has 1 saturated heterocycles.